The van der Waals surface area contributed by atoms with Gasteiger partial charge < -0.3 is 20.3 Å². The number of nitrogens with one attached hydrogen (secondary N) is 3. The summed E-state index contributed by atoms with van der Waals surface area (Å²) < 4.78 is 74.4. The zero-order chi connectivity index (χ0) is 39.0. The number of sulfonamides is 1. The summed E-state index contributed by atoms with van der Waals surface area (Å²) in [6.45, 7) is 5.38. The highest BCUT2D eigenvalue weighted by Crippen LogP contribution is 2.57. The molecule has 2 aromatic carbocycles. The summed E-state index contributed by atoms with van der Waals surface area (Å²) in [6.07, 6.45) is -3.66. The molecule has 1 saturated heterocycles. The molecule has 2 aliphatic heterocycles. The van der Waals surface area contributed by atoms with Crippen molar-refractivity contribution in [2.45, 2.75) is 108 Å². The number of fused-ring (bicyclic) bond motifs is 1. The fourth-order valence-electron chi connectivity index (χ4n) is 7.67. The Hall–Kier alpha value is -4.05. The summed E-state index contributed by atoms with van der Waals surface area (Å²) in [4.78, 5) is 58.7. The summed E-state index contributed by atoms with van der Waals surface area (Å²) in [6, 6.07) is 7.38. The van der Waals surface area contributed by atoms with Crippen molar-refractivity contribution in [2.24, 2.45) is 17.3 Å². The third-order valence-corrected chi connectivity index (χ3v) is 13.2. The average Bonchev–Trinajstić information content (AvgIpc) is 4.01. The molecule has 0 aromatic heterocycles. The molecule has 5 aliphatic rings. The molecule has 12 nitrogen and oxygen atoms in total. The molecule has 3 N–H and O–H groups in total. The van der Waals surface area contributed by atoms with Crippen LogP contribution in [0.3, 0.4) is 0 Å². The van der Waals surface area contributed by atoms with E-state index in [4.69, 9.17) is 16.3 Å². The maximum absolute atomic E-state index is 14.6. The number of anilines is 1. The molecular weight excluding hydrogens is 751 g/mol. The Kier molecular flexibility index (Phi) is 9.63. The smallest absolute Gasteiger partial charge is 0.416 e. The van der Waals surface area contributed by atoms with E-state index in [2.05, 4.69) is 15.4 Å². The number of benzene rings is 2. The van der Waals surface area contributed by atoms with Gasteiger partial charge in [-0.25, -0.2) is 13.2 Å². The zero-order valence-corrected chi connectivity index (χ0v) is 31.6. The van der Waals surface area contributed by atoms with E-state index < -0.39 is 80.0 Å². The third-order valence-electron chi connectivity index (χ3n) is 11.1. The van der Waals surface area contributed by atoms with Crippen molar-refractivity contribution in [3.8, 4) is 0 Å². The number of hydrogen-bond donors (Lipinski definition) is 3. The van der Waals surface area contributed by atoms with Crippen molar-refractivity contribution in [3.05, 3.63) is 64.2 Å². The topological polar surface area (TPSA) is 154 Å². The first-order chi connectivity index (χ1) is 25.3. The molecule has 7 rings (SSSR count). The van der Waals surface area contributed by atoms with Crippen molar-refractivity contribution in [1.29, 1.82) is 0 Å². The van der Waals surface area contributed by atoms with Crippen LogP contribution in [0.15, 0.2) is 42.5 Å². The van der Waals surface area contributed by atoms with Crippen LogP contribution in [0.25, 0.3) is 0 Å². The van der Waals surface area contributed by atoms with Gasteiger partial charge >= 0.3 is 12.3 Å². The molecule has 4 amide bonds. The van der Waals surface area contributed by atoms with E-state index in [-0.39, 0.29) is 50.0 Å². The second-order valence-corrected chi connectivity index (χ2v) is 18.7. The monoisotopic (exact) mass is 793 g/mol. The molecule has 2 aromatic rings. The first kappa shape index (κ1) is 38.2. The fourth-order valence-corrected chi connectivity index (χ4v) is 9.29. The molecule has 0 radical (unpaired) electrons. The van der Waals surface area contributed by atoms with Crippen LogP contribution in [-0.4, -0.2) is 77.6 Å². The minimum atomic E-state index is -4.63. The molecule has 0 spiro atoms. The Bertz CT molecular complexity index is 1980. The number of alkyl halides is 3. The number of carbonyl (C=O) groups excluding carboxylic acids is 4. The van der Waals surface area contributed by atoms with Crippen LogP contribution < -0.4 is 15.4 Å². The number of hydrogen-bond acceptors (Lipinski definition) is 8. The number of likely N-dealkylation sites (tertiary alicyclic amines) is 1. The van der Waals surface area contributed by atoms with Gasteiger partial charge in [-0.3, -0.25) is 24.0 Å². The van der Waals surface area contributed by atoms with E-state index in [0.29, 0.717) is 17.9 Å². The highest BCUT2D eigenvalue weighted by molar-refractivity contribution is 7.91. The van der Waals surface area contributed by atoms with Crippen LogP contribution in [0.4, 0.5) is 23.7 Å². The minimum absolute atomic E-state index is 0.0336. The van der Waals surface area contributed by atoms with Gasteiger partial charge in [-0.1, -0.05) is 50.6 Å². The summed E-state index contributed by atoms with van der Waals surface area (Å²) in [5, 5.41) is 5.62. The van der Waals surface area contributed by atoms with E-state index >= 15 is 0 Å². The number of amides is 4. The highest BCUT2D eigenvalue weighted by Gasteiger charge is 2.67. The fraction of sp³-hybridized carbons (Fsp3) is 0.568. The first-order valence-corrected chi connectivity index (χ1v) is 20.0. The van der Waals surface area contributed by atoms with Crippen LogP contribution >= 0.6 is 11.6 Å². The second-order valence-electron chi connectivity index (χ2n) is 16.3. The van der Waals surface area contributed by atoms with Crippen molar-refractivity contribution in [1.82, 2.24) is 19.8 Å². The molecule has 54 heavy (non-hydrogen) atoms. The quantitative estimate of drug-likeness (QED) is 0.297. The molecule has 0 unspecified atom stereocenters. The van der Waals surface area contributed by atoms with E-state index in [1.807, 2.05) is 6.07 Å². The van der Waals surface area contributed by atoms with Crippen LogP contribution in [0.2, 0.25) is 5.02 Å². The highest BCUT2D eigenvalue weighted by atomic mass is 35.5. The lowest BCUT2D eigenvalue weighted by Gasteiger charge is -2.36. The number of ether oxygens (including phenoxy) is 1. The zero-order valence-electron chi connectivity index (χ0n) is 30.0. The molecular formula is C37H43ClF3N5O7S. The van der Waals surface area contributed by atoms with Gasteiger partial charge in [0, 0.05) is 23.7 Å². The van der Waals surface area contributed by atoms with Gasteiger partial charge in [-0.15, -0.1) is 0 Å². The van der Waals surface area contributed by atoms with E-state index in [1.165, 1.54) is 21.9 Å². The lowest BCUT2D eigenvalue weighted by atomic mass is 9.85. The SMILES string of the molecule is CC(C)(C)[C@H](Nc1cccc(C(F)(F)F)c1)C(=O)N1C[C@H](OC(=O)N2Cc3cccc(Cl)c3C2)C[C@H]1C(=O)N[C@]1(C(=O)NS(=O)(=O)C2CC2)C[C@H]1C1CC1. The molecule has 292 valence electrons. The van der Waals surface area contributed by atoms with Crippen molar-refractivity contribution >= 4 is 51.1 Å². The minimum Gasteiger partial charge on any atom is -0.444 e. The molecule has 2 heterocycles. The normalized spacial score (nSPS) is 25.8. The summed E-state index contributed by atoms with van der Waals surface area (Å²) in [7, 11) is -3.92. The Morgan fingerprint density at radius 1 is 1.00 bits per heavy atom. The molecule has 0 bridgehead atoms. The Morgan fingerprint density at radius 3 is 2.33 bits per heavy atom. The van der Waals surface area contributed by atoms with E-state index in [0.717, 1.165) is 36.1 Å². The second kappa shape index (κ2) is 13.6. The van der Waals surface area contributed by atoms with E-state index in [9.17, 15) is 40.8 Å². The van der Waals surface area contributed by atoms with Crippen molar-refractivity contribution in [2.75, 3.05) is 11.9 Å². The van der Waals surface area contributed by atoms with Crippen LogP contribution in [0, 0.1) is 17.3 Å². The van der Waals surface area contributed by atoms with Gasteiger partial charge in [0.2, 0.25) is 21.8 Å². The van der Waals surface area contributed by atoms with Crippen molar-refractivity contribution in [3.63, 3.8) is 0 Å². The molecule has 17 heteroatoms. The Balaban J connectivity index is 1.14. The average molecular weight is 794 g/mol. The predicted octanol–water partition coefficient (Wildman–Crippen LogP) is 5.20. The molecule has 3 saturated carbocycles. The number of halogens is 4. The molecule has 5 atom stereocenters. The van der Waals surface area contributed by atoms with Gasteiger partial charge in [-0.2, -0.15) is 13.2 Å². The summed E-state index contributed by atoms with van der Waals surface area (Å²) in [5.41, 5.74) is -1.63. The standard InChI is InChI=1S/C37H43ClF3N5O7S/c1-35(2,3)30(42-23-8-5-7-22(14-23)37(39,40)41)32(48)46-18-24(53-34(50)45-17-21-6-4-9-28(38)26(21)19-45)15-29(46)31(47)43-36(16-27(36)20-10-11-20)33(49)44-54(51,52)25-12-13-25/h4-9,14,20,24-25,27,29-30,42H,10-13,15-19H2,1-3H3,(H,43,47)(H,44,49)/t24-,27+,29+,30-,36-/m1/s1. The van der Waals surface area contributed by atoms with E-state index in [1.54, 1.807) is 32.9 Å². The van der Waals surface area contributed by atoms with Crippen LogP contribution in [-0.2, 0) is 48.4 Å². The van der Waals surface area contributed by atoms with Gasteiger partial charge in [-0.05, 0) is 84.7 Å². The summed E-state index contributed by atoms with van der Waals surface area (Å²) in [5.74, 6) is -2.33. The van der Waals surface area contributed by atoms with Gasteiger partial charge in [0.1, 0.15) is 23.7 Å². The molecule has 3 aliphatic carbocycles. The molecule has 4 fully saturated rings. The van der Waals surface area contributed by atoms with Crippen LogP contribution in [0.1, 0.15) is 76.0 Å². The number of nitrogens with zero attached hydrogens (tertiary/aromatic N) is 2. The lowest BCUT2D eigenvalue weighted by molar-refractivity contribution is -0.141. The number of carbonyl (C=O) groups is 4. The number of rotatable bonds is 10. The van der Waals surface area contributed by atoms with Crippen molar-refractivity contribution < 1.29 is 45.5 Å². The van der Waals surface area contributed by atoms with Gasteiger partial charge in [0.15, 0.2) is 0 Å². The Labute approximate surface area is 316 Å². The largest absolute Gasteiger partial charge is 0.444 e. The predicted molar refractivity (Wildman–Crippen MR) is 191 cm³/mol. The third kappa shape index (κ3) is 7.73. The van der Waals surface area contributed by atoms with Crippen LogP contribution in [0.5, 0.6) is 0 Å². The maximum atomic E-state index is 14.6. The lowest BCUT2D eigenvalue weighted by Crippen LogP contribution is -2.58. The Morgan fingerprint density at radius 2 is 1.70 bits per heavy atom. The van der Waals surface area contributed by atoms with Gasteiger partial charge in [0.05, 0.1) is 23.9 Å². The summed E-state index contributed by atoms with van der Waals surface area (Å²) >= 11 is 6.35. The first-order valence-electron chi connectivity index (χ1n) is 18.1. The van der Waals surface area contributed by atoms with Gasteiger partial charge in [0.25, 0.3) is 5.91 Å². The maximum Gasteiger partial charge on any atom is 0.416 e.